The maximum absolute atomic E-state index is 12.8. The zero-order valence-electron chi connectivity index (χ0n) is 22.4. The summed E-state index contributed by atoms with van der Waals surface area (Å²) in [5, 5.41) is 13.8. The van der Waals surface area contributed by atoms with Crippen molar-refractivity contribution in [2.75, 3.05) is 6.61 Å². The van der Waals surface area contributed by atoms with Crippen molar-refractivity contribution in [1.29, 1.82) is 0 Å². The van der Waals surface area contributed by atoms with Crippen LogP contribution in [0.5, 0.6) is 0 Å². The molecule has 2 rings (SSSR count). The van der Waals surface area contributed by atoms with E-state index in [4.69, 9.17) is 21.7 Å². The number of amides is 1. The second-order valence-corrected chi connectivity index (χ2v) is 10.4. The van der Waals surface area contributed by atoms with Crippen LogP contribution in [0.4, 0.5) is 0 Å². The van der Waals surface area contributed by atoms with Crippen LogP contribution in [0.15, 0.2) is 0 Å². The summed E-state index contributed by atoms with van der Waals surface area (Å²) in [5.41, 5.74) is -2.18. The lowest BCUT2D eigenvalue weighted by Crippen LogP contribution is -2.66. The molecule has 1 aliphatic heterocycles. The maximum Gasteiger partial charge on any atom is 0.311 e. The average molecular weight is 474 g/mol. The molecule has 0 aromatic heterocycles. The van der Waals surface area contributed by atoms with Gasteiger partial charge < -0.3 is 29.4 Å². The van der Waals surface area contributed by atoms with Gasteiger partial charge >= 0.3 is 11.9 Å². The number of aliphatic hydroxyl groups is 1. The molecule has 190 valence electrons. The zero-order valence-corrected chi connectivity index (χ0v) is 20.4. The number of esters is 2. The minimum atomic E-state index is -1.45. The minimum Gasteiger partial charge on any atom is -0.462 e. The highest BCUT2D eigenvalue weighted by molar-refractivity contribution is 5.76. The first-order valence-corrected chi connectivity index (χ1v) is 11.5. The third kappa shape index (κ3) is 7.93. The molecule has 1 unspecified atom stereocenters. The van der Waals surface area contributed by atoms with E-state index in [-0.39, 0.29) is 26.5 Å². The Morgan fingerprint density at radius 1 is 1.06 bits per heavy atom. The van der Waals surface area contributed by atoms with Gasteiger partial charge in [0, 0.05) is 9.67 Å². The largest absolute Gasteiger partial charge is 0.462 e. The van der Waals surface area contributed by atoms with E-state index in [1.54, 1.807) is 27.7 Å². The number of aliphatic hydroxyl groups excluding tert-OH is 1. The summed E-state index contributed by atoms with van der Waals surface area (Å²) >= 11 is 0. The van der Waals surface area contributed by atoms with Crippen molar-refractivity contribution in [3.8, 4) is 0 Å². The van der Waals surface area contributed by atoms with E-state index in [0.29, 0.717) is 0 Å². The Bertz CT molecular complexity index is 741. The van der Waals surface area contributed by atoms with Crippen molar-refractivity contribution >= 4 is 17.8 Å². The van der Waals surface area contributed by atoms with Crippen LogP contribution in [0, 0.1) is 10.8 Å². The van der Waals surface area contributed by atoms with E-state index in [2.05, 4.69) is 5.32 Å². The SMILES string of the molecule is [2H]CC(C)(C)C(=O)OC[C@H]1OC(OC2CCCCC2)[C@H](NC(C)=O)[C@@H](OC(=O)C(C)(C)C[2H])[C@@H]1O. The summed E-state index contributed by atoms with van der Waals surface area (Å²) in [5.74, 6) is -1.76. The lowest BCUT2D eigenvalue weighted by atomic mass is 9.93. The fourth-order valence-electron chi connectivity index (χ4n) is 3.73. The van der Waals surface area contributed by atoms with Gasteiger partial charge in [0.2, 0.25) is 5.91 Å². The van der Waals surface area contributed by atoms with E-state index in [1.807, 2.05) is 0 Å². The molecule has 33 heavy (non-hydrogen) atoms. The number of rotatable bonds is 6. The Hall–Kier alpha value is -1.71. The molecule has 2 aliphatic rings. The lowest BCUT2D eigenvalue weighted by Gasteiger charge is -2.45. The lowest BCUT2D eigenvalue weighted by molar-refractivity contribution is -0.288. The number of hydrogen-bond donors (Lipinski definition) is 2. The first-order chi connectivity index (χ1) is 16.3. The molecule has 0 bridgehead atoms. The van der Waals surface area contributed by atoms with E-state index >= 15 is 0 Å². The van der Waals surface area contributed by atoms with Gasteiger partial charge in [0.15, 0.2) is 12.4 Å². The summed E-state index contributed by atoms with van der Waals surface area (Å²) in [7, 11) is 0. The number of carbonyl (C=O) groups excluding carboxylic acids is 3. The smallest absolute Gasteiger partial charge is 0.311 e. The highest BCUT2D eigenvalue weighted by Gasteiger charge is 2.50. The van der Waals surface area contributed by atoms with Crippen LogP contribution >= 0.6 is 0 Å². The summed E-state index contributed by atoms with van der Waals surface area (Å²) in [6, 6.07) is -1.01. The first-order valence-electron chi connectivity index (χ1n) is 13.0. The van der Waals surface area contributed by atoms with Crippen molar-refractivity contribution in [3.63, 3.8) is 0 Å². The van der Waals surface area contributed by atoms with Crippen molar-refractivity contribution < 1.29 is 41.2 Å². The van der Waals surface area contributed by atoms with Crippen LogP contribution in [0.25, 0.3) is 0 Å². The van der Waals surface area contributed by atoms with Crippen molar-refractivity contribution in [2.24, 2.45) is 10.8 Å². The molecule has 1 saturated carbocycles. The van der Waals surface area contributed by atoms with Crippen LogP contribution < -0.4 is 5.32 Å². The molecule has 2 N–H and O–H groups in total. The minimum absolute atomic E-state index is 0.133. The topological polar surface area (TPSA) is 120 Å². The van der Waals surface area contributed by atoms with Crippen LogP contribution in [0.3, 0.4) is 0 Å². The highest BCUT2D eigenvalue weighted by atomic mass is 16.7. The van der Waals surface area contributed by atoms with E-state index in [0.717, 1.165) is 32.1 Å². The molecule has 9 heteroatoms. The number of nitrogens with one attached hydrogen (secondary N) is 1. The molecule has 1 aliphatic carbocycles. The quantitative estimate of drug-likeness (QED) is 0.565. The third-order valence-corrected chi connectivity index (χ3v) is 5.65. The van der Waals surface area contributed by atoms with E-state index in [9.17, 15) is 19.5 Å². The molecule has 2 fully saturated rings. The van der Waals surface area contributed by atoms with Gasteiger partial charge in [-0.25, -0.2) is 0 Å². The molecular weight excluding hydrogens is 430 g/mol. The van der Waals surface area contributed by atoms with Crippen molar-refractivity contribution in [3.05, 3.63) is 0 Å². The van der Waals surface area contributed by atoms with E-state index in [1.165, 1.54) is 6.92 Å². The molecule has 0 aromatic carbocycles. The van der Waals surface area contributed by atoms with Gasteiger partial charge in [-0.2, -0.15) is 0 Å². The molecule has 1 saturated heterocycles. The average Bonchev–Trinajstić information content (AvgIpc) is 2.82. The first kappa shape index (κ1) is 24.4. The second kappa shape index (κ2) is 11.1. The van der Waals surface area contributed by atoms with E-state index < -0.39 is 59.3 Å². The summed E-state index contributed by atoms with van der Waals surface area (Å²) in [4.78, 5) is 37.3. The van der Waals surface area contributed by atoms with Gasteiger partial charge in [-0.05, 0) is 54.3 Å². The normalized spacial score (nSPS) is 30.1. The Kier molecular flexibility index (Phi) is 8.24. The summed E-state index contributed by atoms with van der Waals surface area (Å²) in [6.07, 6.45) is -0.299. The van der Waals surface area contributed by atoms with Crippen molar-refractivity contribution in [1.82, 2.24) is 5.32 Å². The molecule has 5 atom stereocenters. The summed E-state index contributed by atoms with van der Waals surface area (Å²) < 4.78 is 38.4. The molecule has 0 radical (unpaired) electrons. The number of hydrogen-bond acceptors (Lipinski definition) is 8. The zero-order chi connectivity index (χ0) is 26.4. The van der Waals surface area contributed by atoms with Gasteiger partial charge in [-0.1, -0.05) is 19.3 Å². The molecule has 9 nitrogen and oxygen atoms in total. The van der Waals surface area contributed by atoms with Gasteiger partial charge in [-0.15, -0.1) is 0 Å². The summed E-state index contributed by atoms with van der Waals surface area (Å²) in [6.45, 7) is 6.80. The molecular formula is C24H41NO8. The Morgan fingerprint density at radius 2 is 1.67 bits per heavy atom. The fraction of sp³-hybridized carbons (Fsp3) is 0.875. The predicted molar refractivity (Wildman–Crippen MR) is 120 cm³/mol. The van der Waals surface area contributed by atoms with Gasteiger partial charge in [-0.3, -0.25) is 14.4 Å². The monoisotopic (exact) mass is 473 g/mol. The van der Waals surface area contributed by atoms with Gasteiger partial charge in [0.25, 0.3) is 0 Å². The number of carbonyl (C=O) groups is 3. The Balaban J connectivity index is 2.31. The highest BCUT2D eigenvalue weighted by Crippen LogP contribution is 2.31. The van der Waals surface area contributed by atoms with Crippen LogP contribution in [0.2, 0.25) is 0 Å². The van der Waals surface area contributed by atoms with Crippen LogP contribution in [-0.4, -0.2) is 66.3 Å². The van der Waals surface area contributed by atoms with Gasteiger partial charge in [0.1, 0.15) is 24.9 Å². The van der Waals surface area contributed by atoms with Crippen LogP contribution in [-0.2, 0) is 33.3 Å². The molecule has 0 spiro atoms. The maximum atomic E-state index is 12.8. The Morgan fingerprint density at radius 3 is 2.24 bits per heavy atom. The Labute approximate surface area is 199 Å². The fourth-order valence-corrected chi connectivity index (χ4v) is 3.73. The van der Waals surface area contributed by atoms with Crippen molar-refractivity contribution in [2.45, 2.75) is 117 Å². The standard InChI is InChI=1S/C24H41NO8/c1-14(26)25-17-19(33-22(29)24(5,6)7)18(27)16(13-30-21(28)23(2,3)4)32-20(17)31-15-11-9-8-10-12-15/h15-20,27H,8-13H2,1-7H3,(H,25,26)/t16-,17-,18-,19-,20?/m1/s1/i2D,5D. The second-order valence-electron chi connectivity index (χ2n) is 10.4. The molecule has 0 aromatic rings. The van der Waals surface area contributed by atoms with Gasteiger partial charge in [0.05, 0.1) is 16.9 Å². The van der Waals surface area contributed by atoms with Crippen LogP contribution in [0.1, 0.15) is 83.3 Å². The molecule has 1 amide bonds. The third-order valence-electron chi connectivity index (χ3n) is 5.65. The molecule has 1 heterocycles. The number of ether oxygens (including phenoxy) is 4. The predicted octanol–water partition coefficient (Wildman–Crippen LogP) is 2.47.